The lowest BCUT2D eigenvalue weighted by Crippen LogP contribution is -2.64. The van der Waals surface area contributed by atoms with Gasteiger partial charge < -0.3 is 35.0 Å². The number of methoxy groups -OCH3 is 2. The van der Waals surface area contributed by atoms with E-state index in [9.17, 15) is 24.4 Å². The van der Waals surface area contributed by atoms with Gasteiger partial charge >= 0.3 is 12.1 Å². The molecule has 0 saturated carbocycles. The van der Waals surface area contributed by atoms with Crippen molar-refractivity contribution >= 4 is 35.5 Å². The maximum absolute atomic E-state index is 14.0. The second-order valence-corrected chi connectivity index (χ2v) is 12.7. The van der Waals surface area contributed by atoms with E-state index in [-0.39, 0.29) is 31.9 Å². The summed E-state index contributed by atoms with van der Waals surface area (Å²) in [5, 5.41) is 18.7. The number of pyridine rings is 1. The molecule has 0 radical (unpaired) electrons. The summed E-state index contributed by atoms with van der Waals surface area (Å²) in [4.78, 5) is 54.3. The molecule has 0 aliphatic carbocycles. The number of esters is 1. The number of likely N-dealkylation sites (tertiary alicyclic amines) is 1. The standard InChI is InChI=1S/C32H43ClN4O8/c1-31(2,3)45-30(41)34-26(20-43-4)28(39)35-32(19-22-10-12-24(33)13-11-22)14-8-15-36(21-32)29(40)23(18-27(38)44-5)17-25-9-6-7-16-37(25)42/h6-7,9-13,16,23,26H,8,14-15,17-21H2,1-5H3,(H,34,41)(H,35,39). The van der Waals surface area contributed by atoms with Crippen molar-refractivity contribution in [2.75, 3.05) is 33.9 Å². The summed E-state index contributed by atoms with van der Waals surface area (Å²) in [7, 11) is 2.66. The quantitative estimate of drug-likeness (QED) is 0.203. The Labute approximate surface area is 268 Å². The van der Waals surface area contributed by atoms with Crippen molar-refractivity contribution in [1.82, 2.24) is 15.5 Å². The molecule has 1 saturated heterocycles. The summed E-state index contributed by atoms with van der Waals surface area (Å²) in [5.74, 6) is -2.28. The highest BCUT2D eigenvalue weighted by Gasteiger charge is 2.42. The average Bonchev–Trinajstić information content (AvgIpc) is 2.97. The van der Waals surface area contributed by atoms with Crippen LogP contribution in [0.4, 0.5) is 4.79 Å². The Balaban J connectivity index is 1.91. The molecule has 2 N–H and O–H groups in total. The molecule has 2 heterocycles. The number of hydrogen-bond donors (Lipinski definition) is 2. The Bertz CT molecular complexity index is 1330. The Hall–Kier alpha value is -3.90. The number of halogens is 1. The summed E-state index contributed by atoms with van der Waals surface area (Å²) >= 11 is 6.12. The van der Waals surface area contributed by atoms with Gasteiger partial charge in [-0.05, 0) is 57.7 Å². The van der Waals surface area contributed by atoms with Crippen molar-refractivity contribution in [3.63, 3.8) is 0 Å². The van der Waals surface area contributed by atoms with E-state index in [1.54, 1.807) is 56.0 Å². The number of ether oxygens (including phenoxy) is 3. The first-order valence-electron chi connectivity index (χ1n) is 14.8. The normalized spacial score (nSPS) is 18.0. The van der Waals surface area contributed by atoms with E-state index in [2.05, 4.69) is 10.6 Å². The molecule has 3 atom stereocenters. The molecule has 1 fully saturated rings. The Morgan fingerprint density at radius 2 is 1.82 bits per heavy atom. The molecule has 246 valence electrons. The van der Waals surface area contributed by atoms with E-state index in [4.69, 9.17) is 25.8 Å². The van der Waals surface area contributed by atoms with Gasteiger partial charge in [0.25, 0.3) is 0 Å². The molecule has 3 rings (SSSR count). The Kier molecular flexibility index (Phi) is 12.6. The van der Waals surface area contributed by atoms with Gasteiger partial charge in [-0.25, -0.2) is 4.79 Å². The van der Waals surface area contributed by atoms with Crippen LogP contribution in [0.1, 0.15) is 51.3 Å². The molecule has 13 heteroatoms. The van der Waals surface area contributed by atoms with Crippen LogP contribution in [-0.4, -0.2) is 79.9 Å². The maximum Gasteiger partial charge on any atom is 0.408 e. The molecule has 1 aromatic carbocycles. The average molecular weight is 647 g/mol. The van der Waals surface area contributed by atoms with Crippen LogP contribution < -0.4 is 15.4 Å². The van der Waals surface area contributed by atoms with Crippen LogP contribution in [0.15, 0.2) is 48.7 Å². The fourth-order valence-corrected chi connectivity index (χ4v) is 5.54. The Morgan fingerprint density at radius 1 is 1.11 bits per heavy atom. The van der Waals surface area contributed by atoms with Crippen molar-refractivity contribution in [3.8, 4) is 0 Å². The highest BCUT2D eigenvalue weighted by atomic mass is 35.5. The van der Waals surface area contributed by atoms with Crippen molar-refractivity contribution in [1.29, 1.82) is 0 Å². The zero-order chi connectivity index (χ0) is 33.2. The van der Waals surface area contributed by atoms with Crippen molar-refractivity contribution in [2.24, 2.45) is 5.92 Å². The SMILES string of the molecule is COCC(NC(=O)OC(C)(C)C)C(=O)NC1(Cc2ccc(Cl)cc2)CCCN(C(=O)C(CC(=O)OC)Cc2cccc[n+]2[O-])C1. The minimum Gasteiger partial charge on any atom is -0.619 e. The summed E-state index contributed by atoms with van der Waals surface area (Å²) in [6.07, 6.45) is 1.81. The molecule has 0 bridgehead atoms. The highest BCUT2D eigenvalue weighted by Crippen LogP contribution is 2.29. The minimum atomic E-state index is -1.07. The van der Waals surface area contributed by atoms with Gasteiger partial charge in [-0.15, -0.1) is 0 Å². The molecule has 2 aromatic rings. The van der Waals surface area contributed by atoms with Crippen LogP contribution in [0, 0.1) is 11.1 Å². The summed E-state index contributed by atoms with van der Waals surface area (Å²) in [6, 6.07) is 11.0. The first kappa shape index (κ1) is 35.6. The summed E-state index contributed by atoms with van der Waals surface area (Å²) in [5.41, 5.74) is -0.501. The molecule has 12 nitrogen and oxygen atoms in total. The lowest BCUT2D eigenvalue weighted by Gasteiger charge is -2.45. The number of rotatable bonds is 12. The largest absolute Gasteiger partial charge is 0.619 e. The van der Waals surface area contributed by atoms with Crippen LogP contribution >= 0.6 is 11.6 Å². The number of benzene rings is 1. The van der Waals surface area contributed by atoms with Crippen LogP contribution in [0.5, 0.6) is 0 Å². The van der Waals surface area contributed by atoms with Gasteiger partial charge in [-0.2, -0.15) is 4.73 Å². The van der Waals surface area contributed by atoms with E-state index in [0.717, 1.165) is 5.56 Å². The third-order valence-electron chi connectivity index (χ3n) is 7.42. The second kappa shape index (κ2) is 15.9. The van der Waals surface area contributed by atoms with E-state index in [1.165, 1.54) is 20.4 Å². The molecular formula is C32H43ClN4O8. The zero-order valence-corrected chi connectivity index (χ0v) is 27.2. The van der Waals surface area contributed by atoms with Crippen LogP contribution in [-0.2, 0) is 41.4 Å². The van der Waals surface area contributed by atoms with Crippen molar-refractivity contribution in [3.05, 3.63) is 70.1 Å². The summed E-state index contributed by atoms with van der Waals surface area (Å²) in [6.45, 7) is 5.55. The molecular weight excluding hydrogens is 604 g/mol. The molecule has 45 heavy (non-hydrogen) atoms. The molecule has 1 aliphatic heterocycles. The van der Waals surface area contributed by atoms with E-state index >= 15 is 0 Å². The Morgan fingerprint density at radius 3 is 2.44 bits per heavy atom. The fraction of sp³-hybridized carbons (Fsp3) is 0.531. The number of amides is 3. The number of piperidine rings is 1. The van der Waals surface area contributed by atoms with Gasteiger partial charge in [-0.3, -0.25) is 14.4 Å². The van der Waals surface area contributed by atoms with Gasteiger partial charge in [0.1, 0.15) is 11.6 Å². The first-order valence-corrected chi connectivity index (χ1v) is 15.2. The second-order valence-electron chi connectivity index (χ2n) is 12.3. The van der Waals surface area contributed by atoms with E-state index < -0.39 is 41.1 Å². The van der Waals surface area contributed by atoms with Crippen LogP contribution in [0.3, 0.4) is 0 Å². The van der Waals surface area contributed by atoms with Crippen LogP contribution in [0.2, 0.25) is 5.02 Å². The number of nitrogens with one attached hydrogen (secondary N) is 2. The predicted molar refractivity (Wildman–Crippen MR) is 166 cm³/mol. The minimum absolute atomic E-state index is 0.0288. The molecule has 0 spiro atoms. The molecule has 3 amide bonds. The van der Waals surface area contributed by atoms with Gasteiger partial charge in [0.15, 0.2) is 11.9 Å². The van der Waals surface area contributed by atoms with Crippen LogP contribution in [0.25, 0.3) is 0 Å². The van der Waals surface area contributed by atoms with Gasteiger partial charge in [-0.1, -0.05) is 29.8 Å². The predicted octanol–water partition coefficient (Wildman–Crippen LogP) is 2.96. The smallest absolute Gasteiger partial charge is 0.408 e. The van der Waals surface area contributed by atoms with Crippen molar-refractivity contribution in [2.45, 2.75) is 70.1 Å². The molecule has 3 unspecified atom stereocenters. The number of nitrogens with zero attached hydrogens (tertiary/aromatic N) is 2. The third-order valence-corrected chi connectivity index (χ3v) is 7.68. The fourth-order valence-electron chi connectivity index (χ4n) is 5.41. The maximum atomic E-state index is 14.0. The van der Waals surface area contributed by atoms with E-state index in [1.807, 2.05) is 12.1 Å². The van der Waals surface area contributed by atoms with Crippen molar-refractivity contribution < 1.29 is 38.1 Å². The number of hydrogen-bond acceptors (Lipinski definition) is 8. The number of carbonyl (C=O) groups excluding carboxylic acids is 4. The number of carbonyl (C=O) groups is 4. The van der Waals surface area contributed by atoms with Gasteiger partial charge in [0.2, 0.25) is 11.8 Å². The molecule has 1 aliphatic rings. The topological polar surface area (TPSA) is 150 Å². The lowest BCUT2D eigenvalue weighted by atomic mass is 9.82. The van der Waals surface area contributed by atoms with Gasteiger partial charge in [0, 0.05) is 43.8 Å². The number of alkyl carbamates (subject to hydrolysis) is 1. The summed E-state index contributed by atoms with van der Waals surface area (Å²) < 4.78 is 16.1. The highest BCUT2D eigenvalue weighted by molar-refractivity contribution is 6.30. The number of aromatic nitrogens is 1. The van der Waals surface area contributed by atoms with E-state index in [0.29, 0.717) is 41.3 Å². The first-order chi connectivity index (χ1) is 21.2. The third kappa shape index (κ3) is 10.9. The monoisotopic (exact) mass is 646 g/mol. The lowest BCUT2D eigenvalue weighted by molar-refractivity contribution is -0.614. The molecule has 1 aromatic heterocycles. The zero-order valence-electron chi connectivity index (χ0n) is 26.5. The van der Waals surface area contributed by atoms with Gasteiger partial charge in [0.05, 0.1) is 31.6 Å².